The summed E-state index contributed by atoms with van der Waals surface area (Å²) in [5, 5.41) is 20.0. The normalized spacial score (nSPS) is 10.1. The fraction of sp³-hybridized carbons (Fsp3) is 0.0714. The number of thioether (sulfide) groups is 1. The smallest absolute Gasteiger partial charge is 0.416 e. The van der Waals surface area contributed by atoms with Crippen molar-refractivity contribution in [1.82, 2.24) is 0 Å². The van der Waals surface area contributed by atoms with E-state index in [0.717, 1.165) is 9.80 Å². The number of rotatable bonds is 4. The highest BCUT2D eigenvalue weighted by molar-refractivity contribution is 7.98. The van der Waals surface area contributed by atoms with Gasteiger partial charge < -0.3 is 5.11 Å². The molecule has 0 aliphatic carbocycles. The van der Waals surface area contributed by atoms with Crippen LogP contribution in [0.1, 0.15) is 0 Å². The van der Waals surface area contributed by atoms with E-state index in [2.05, 4.69) is 0 Å². The molecule has 1 N–H and O–H groups in total. The number of nitro benzene ring substituents is 1. The predicted octanol–water partition coefficient (Wildman–Crippen LogP) is 4.13. The van der Waals surface area contributed by atoms with Gasteiger partial charge in [0.25, 0.3) is 5.69 Å². The number of carbonyl (C=O) groups is 1. The summed E-state index contributed by atoms with van der Waals surface area (Å²) >= 11 is 1.56. The van der Waals surface area contributed by atoms with Gasteiger partial charge in [0.2, 0.25) is 0 Å². The van der Waals surface area contributed by atoms with Crippen LogP contribution >= 0.6 is 11.8 Å². The number of non-ortho nitro benzene ring substituents is 1. The second kappa shape index (κ2) is 6.27. The molecule has 6 nitrogen and oxygen atoms in total. The molecule has 0 bridgehead atoms. The van der Waals surface area contributed by atoms with Crippen molar-refractivity contribution in [1.29, 1.82) is 0 Å². The van der Waals surface area contributed by atoms with E-state index in [0.29, 0.717) is 11.4 Å². The summed E-state index contributed by atoms with van der Waals surface area (Å²) in [5.74, 6) is 0. The molecule has 0 aliphatic heterocycles. The summed E-state index contributed by atoms with van der Waals surface area (Å²) in [6, 6.07) is 12.4. The van der Waals surface area contributed by atoms with Crippen molar-refractivity contribution in [3.63, 3.8) is 0 Å². The van der Waals surface area contributed by atoms with Crippen molar-refractivity contribution in [2.24, 2.45) is 0 Å². The lowest BCUT2D eigenvalue weighted by Crippen LogP contribution is -2.23. The predicted molar refractivity (Wildman–Crippen MR) is 81.5 cm³/mol. The molecule has 0 saturated carbocycles. The molecule has 0 unspecified atom stereocenters. The van der Waals surface area contributed by atoms with Crippen molar-refractivity contribution >= 4 is 34.9 Å². The van der Waals surface area contributed by atoms with Crippen LogP contribution in [0.2, 0.25) is 0 Å². The number of hydrogen-bond donors (Lipinski definition) is 1. The summed E-state index contributed by atoms with van der Waals surface area (Å²) in [6.45, 7) is 0. The lowest BCUT2D eigenvalue weighted by molar-refractivity contribution is -0.384. The number of hydrogen-bond acceptors (Lipinski definition) is 4. The Hall–Kier alpha value is -2.54. The van der Waals surface area contributed by atoms with Gasteiger partial charge in [0.15, 0.2) is 0 Å². The van der Waals surface area contributed by atoms with Crippen LogP contribution in [0.5, 0.6) is 0 Å². The maximum absolute atomic E-state index is 11.5. The molecule has 108 valence electrons. The molecule has 0 heterocycles. The second-order valence-electron chi connectivity index (χ2n) is 4.09. The van der Waals surface area contributed by atoms with Crippen molar-refractivity contribution < 1.29 is 14.8 Å². The molecule has 0 fully saturated rings. The highest BCUT2D eigenvalue weighted by Crippen LogP contribution is 2.28. The molecular formula is C14H12N2O4S. The van der Waals surface area contributed by atoms with Crippen LogP contribution in [0.4, 0.5) is 21.9 Å². The van der Waals surface area contributed by atoms with E-state index < -0.39 is 11.0 Å². The van der Waals surface area contributed by atoms with Crippen molar-refractivity contribution in [3.05, 3.63) is 58.6 Å². The molecule has 0 saturated heterocycles. The Bertz CT molecular complexity index is 656. The minimum atomic E-state index is -1.15. The van der Waals surface area contributed by atoms with E-state index in [1.807, 2.05) is 18.4 Å². The van der Waals surface area contributed by atoms with Gasteiger partial charge in [-0.3, -0.25) is 10.1 Å². The van der Waals surface area contributed by atoms with Crippen molar-refractivity contribution in [3.8, 4) is 0 Å². The third-order valence-electron chi connectivity index (χ3n) is 2.84. The van der Waals surface area contributed by atoms with Crippen LogP contribution in [0, 0.1) is 10.1 Å². The van der Waals surface area contributed by atoms with Crippen molar-refractivity contribution in [2.45, 2.75) is 4.90 Å². The minimum absolute atomic E-state index is 0.0816. The third-order valence-corrected chi connectivity index (χ3v) is 3.58. The van der Waals surface area contributed by atoms with Gasteiger partial charge in [0.05, 0.1) is 16.3 Å². The van der Waals surface area contributed by atoms with E-state index in [1.54, 1.807) is 23.9 Å². The summed E-state index contributed by atoms with van der Waals surface area (Å²) in [7, 11) is 0. The number of nitrogens with zero attached hydrogens (tertiary/aromatic N) is 2. The van der Waals surface area contributed by atoms with E-state index >= 15 is 0 Å². The van der Waals surface area contributed by atoms with Gasteiger partial charge in [-0.1, -0.05) is 0 Å². The molecule has 0 radical (unpaired) electrons. The summed E-state index contributed by atoms with van der Waals surface area (Å²) in [6.07, 6.45) is 0.779. The molecular weight excluding hydrogens is 292 g/mol. The summed E-state index contributed by atoms with van der Waals surface area (Å²) in [5.41, 5.74) is 0.751. The van der Waals surface area contributed by atoms with Crippen LogP contribution in [-0.4, -0.2) is 22.4 Å². The second-order valence-corrected chi connectivity index (χ2v) is 4.97. The number of carboxylic acid groups (broad SMARTS) is 1. The first-order chi connectivity index (χ1) is 10.0. The van der Waals surface area contributed by atoms with Gasteiger partial charge in [-0.2, -0.15) is 0 Å². The van der Waals surface area contributed by atoms with E-state index in [4.69, 9.17) is 0 Å². The first-order valence-corrected chi connectivity index (χ1v) is 7.17. The fourth-order valence-corrected chi connectivity index (χ4v) is 2.23. The topological polar surface area (TPSA) is 83.7 Å². The van der Waals surface area contributed by atoms with Gasteiger partial charge in [0, 0.05) is 17.0 Å². The van der Waals surface area contributed by atoms with Crippen LogP contribution < -0.4 is 4.90 Å². The van der Waals surface area contributed by atoms with Gasteiger partial charge >= 0.3 is 6.09 Å². The number of amides is 1. The monoisotopic (exact) mass is 304 g/mol. The molecule has 0 aromatic heterocycles. The maximum atomic E-state index is 11.5. The first kappa shape index (κ1) is 14.9. The Morgan fingerprint density at radius 3 is 1.95 bits per heavy atom. The lowest BCUT2D eigenvalue weighted by atomic mass is 10.2. The largest absolute Gasteiger partial charge is 0.464 e. The van der Waals surface area contributed by atoms with Gasteiger partial charge in [-0.25, -0.2) is 9.69 Å². The number of anilines is 2. The molecule has 1 amide bonds. The molecule has 0 aliphatic rings. The van der Waals surface area contributed by atoms with Gasteiger partial charge in [-0.05, 0) is 42.7 Å². The lowest BCUT2D eigenvalue weighted by Gasteiger charge is -2.19. The van der Waals surface area contributed by atoms with Gasteiger partial charge in [0.1, 0.15) is 0 Å². The van der Waals surface area contributed by atoms with Crippen molar-refractivity contribution in [2.75, 3.05) is 11.2 Å². The molecule has 0 atom stereocenters. The third kappa shape index (κ3) is 3.32. The van der Waals surface area contributed by atoms with E-state index in [-0.39, 0.29) is 5.69 Å². The summed E-state index contributed by atoms with van der Waals surface area (Å²) < 4.78 is 0. The van der Waals surface area contributed by atoms with Crippen LogP contribution in [0.3, 0.4) is 0 Å². The first-order valence-electron chi connectivity index (χ1n) is 5.94. The SMILES string of the molecule is CSc1ccc(N(C(=O)O)c2ccc([N+](=O)[O-])cc2)cc1. The molecule has 7 heteroatoms. The molecule has 0 spiro atoms. The van der Waals surface area contributed by atoms with Gasteiger partial charge in [-0.15, -0.1) is 11.8 Å². The zero-order valence-electron chi connectivity index (χ0n) is 11.1. The van der Waals surface area contributed by atoms with Crippen LogP contribution in [0.15, 0.2) is 53.4 Å². The highest BCUT2D eigenvalue weighted by atomic mass is 32.2. The fourth-order valence-electron chi connectivity index (χ4n) is 1.82. The maximum Gasteiger partial charge on any atom is 0.416 e. The quantitative estimate of drug-likeness (QED) is 0.521. The molecule has 2 aromatic rings. The average Bonchev–Trinajstić information content (AvgIpc) is 2.48. The Kier molecular flexibility index (Phi) is 4.44. The van der Waals surface area contributed by atoms with E-state index in [9.17, 15) is 20.0 Å². The Morgan fingerprint density at radius 1 is 1.10 bits per heavy atom. The Balaban J connectivity index is 2.38. The molecule has 2 rings (SSSR count). The van der Waals surface area contributed by atoms with E-state index in [1.165, 1.54) is 24.3 Å². The highest BCUT2D eigenvalue weighted by Gasteiger charge is 2.17. The molecule has 2 aromatic carbocycles. The minimum Gasteiger partial charge on any atom is -0.464 e. The summed E-state index contributed by atoms with van der Waals surface area (Å²) in [4.78, 5) is 23.7. The van der Waals surface area contributed by atoms with Crippen LogP contribution in [-0.2, 0) is 0 Å². The van der Waals surface area contributed by atoms with Crippen LogP contribution in [0.25, 0.3) is 0 Å². The standard InChI is InChI=1S/C14H12N2O4S/c1-21-13-8-6-11(7-9-13)15(14(17)18)10-2-4-12(5-3-10)16(19)20/h2-9H,1H3,(H,17,18). The zero-order chi connectivity index (χ0) is 15.4. The molecule has 21 heavy (non-hydrogen) atoms. The average molecular weight is 304 g/mol. The number of nitro groups is 1. The number of benzene rings is 2. The zero-order valence-corrected chi connectivity index (χ0v) is 11.9. The Morgan fingerprint density at radius 2 is 1.57 bits per heavy atom. The Labute approximate surface area is 125 Å².